The molecule has 0 radical (unpaired) electrons. The monoisotopic (exact) mass is 386 g/mol. The van der Waals surface area contributed by atoms with Crippen molar-refractivity contribution in [3.05, 3.63) is 53.6 Å². The molecule has 0 aliphatic heterocycles. The number of methoxy groups -OCH3 is 1. The summed E-state index contributed by atoms with van der Waals surface area (Å²) in [6, 6.07) is 11.6. The lowest BCUT2D eigenvalue weighted by molar-refractivity contribution is -0.139. The van der Waals surface area contributed by atoms with Crippen molar-refractivity contribution in [3.63, 3.8) is 0 Å². The first-order chi connectivity index (χ1) is 13.5. The Morgan fingerprint density at radius 1 is 1.11 bits per heavy atom. The van der Waals surface area contributed by atoms with Gasteiger partial charge in [0.25, 0.3) is 5.91 Å². The molecular formula is C20H22N2O6. The minimum absolute atomic E-state index is 0.302. The van der Waals surface area contributed by atoms with E-state index in [1.54, 1.807) is 42.5 Å². The Labute approximate surface area is 162 Å². The number of aliphatic carboxylic acids is 1. The number of hydrogen-bond acceptors (Lipinski definition) is 6. The van der Waals surface area contributed by atoms with E-state index in [9.17, 15) is 9.59 Å². The highest BCUT2D eigenvalue weighted by atomic mass is 16.5. The van der Waals surface area contributed by atoms with Gasteiger partial charge in [-0.2, -0.15) is 5.10 Å². The van der Waals surface area contributed by atoms with Gasteiger partial charge in [0.05, 0.1) is 19.9 Å². The van der Waals surface area contributed by atoms with Crippen molar-refractivity contribution >= 4 is 18.1 Å². The molecule has 0 unspecified atom stereocenters. The van der Waals surface area contributed by atoms with E-state index in [0.29, 0.717) is 35.0 Å². The Balaban J connectivity index is 1.95. The van der Waals surface area contributed by atoms with Gasteiger partial charge in [0.15, 0.2) is 18.1 Å². The number of amides is 1. The normalized spacial score (nSPS) is 10.5. The van der Waals surface area contributed by atoms with Gasteiger partial charge in [-0.15, -0.1) is 0 Å². The van der Waals surface area contributed by atoms with Crippen molar-refractivity contribution in [1.82, 2.24) is 5.43 Å². The van der Waals surface area contributed by atoms with Gasteiger partial charge >= 0.3 is 5.97 Å². The van der Waals surface area contributed by atoms with E-state index in [1.807, 2.05) is 6.92 Å². The first-order valence-corrected chi connectivity index (χ1v) is 8.62. The van der Waals surface area contributed by atoms with Crippen molar-refractivity contribution in [3.8, 4) is 17.2 Å². The van der Waals surface area contributed by atoms with Crippen LogP contribution in [0.5, 0.6) is 17.2 Å². The summed E-state index contributed by atoms with van der Waals surface area (Å²) in [4.78, 5) is 22.7. The van der Waals surface area contributed by atoms with Crippen LogP contribution in [-0.4, -0.2) is 43.5 Å². The third-order valence-corrected chi connectivity index (χ3v) is 3.51. The Bertz CT molecular complexity index is 833. The van der Waals surface area contributed by atoms with E-state index in [4.69, 9.17) is 19.3 Å². The number of nitrogens with zero attached hydrogens (tertiary/aromatic N) is 1. The van der Waals surface area contributed by atoms with Crippen molar-refractivity contribution < 1.29 is 28.9 Å². The number of ether oxygens (including phenoxy) is 3. The molecule has 0 saturated heterocycles. The first kappa shape index (κ1) is 20.8. The Morgan fingerprint density at radius 3 is 2.50 bits per heavy atom. The van der Waals surface area contributed by atoms with E-state index in [0.717, 1.165) is 6.42 Å². The van der Waals surface area contributed by atoms with Gasteiger partial charge in [0.1, 0.15) is 5.75 Å². The zero-order valence-corrected chi connectivity index (χ0v) is 15.7. The fourth-order valence-corrected chi connectivity index (χ4v) is 2.18. The predicted molar refractivity (Wildman–Crippen MR) is 103 cm³/mol. The fraction of sp³-hybridized carbons (Fsp3) is 0.250. The molecule has 0 aromatic heterocycles. The Hall–Kier alpha value is -3.55. The van der Waals surface area contributed by atoms with Gasteiger partial charge < -0.3 is 19.3 Å². The predicted octanol–water partition coefficient (Wildman–Crippen LogP) is 2.71. The van der Waals surface area contributed by atoms with Crippen molar-refractivity contribution in [2.75, 3.05) is 20.3 Å². The lowest BCUT2D eigenvalue weighted by Crippen LogP contribution is -2.17. The molecule has 2 aromatic rings. The summed E-state index contributed by atoms with van der Waals surface area (Å²) in [6.45, 7) is 2.17. The van der Waals surface area contributed by atoms with Gasteiger partial charge in [-0.25, -0.2) is 10.2 Å². The number of carbonyl (C=O) groups excluding carboxylic acids is 1. The zero-order valence-electron chi connectivity index (χ0n) is 15.7. The number of carboxylic acids is 1. The molecule has 8 nitrogen and oxygen atoms in total. The summed E-state index contributed by atoms with van der Waals surface area (Å²) in [6.07, 6.45) is 2.36. The van der Waals surface area contributed by atoms with E-state index in [-0.39, 0.29) is 5.91 Å². The molecule has 148 valence electrons. The van der Waals surface area contributed by atoms with Gasteiger partial charge in [0.2, 0.25) is 0 Å². The maximum atomic E-state index is 12.1. The molecule has 0 fully saturated rings. The lowest BCUT2D eigenvalue weighted by atomic mass is 10.2. The molecule has 0 bridgehead atoms. The standard InChI is InChI=1S/C20H22N2O6/c1-3-10-27-16-7-5-15(6-8-16)20(25)22-21-12-14-4-9-17(18(11-14)26-2)28-13-19(23)24/h4-9,11-12H,3,10,13H2,1-2H3,(H,22,25)(H,23,24)/b21-12+. The van der Waals surface area contributed by atoms with E-state index in [1.165, 1.54) is 13.3 Å². The van der Waals surface area contributed by atoms with Crippen LogP contribution in [0.1, 0.15) is 29.3 Å². The summed E-state index contributed by atoms with van der Waals surface area (Å²) >= 11 is 0. The van der Waals surface area contributed by atoms with Crippen molar-refractivity contribution in [2.24, 2.45) is 5.10 Å². The maximum absolute atomic E-state index is 12.1. The quantitative estimate of drug-likeness (QED) is 0.480. The van der Waals surface area contributed by atoms with Crippen molar-refractivity contribution in [1.29, 1.82) is 0 Å². The zero-order chi connectivity index (χ0) is 20.4. The molecule has 1 amide bonds. The average molecular weight is 386 g/mol. The molecule has 8 heteroatoms. The van der Waals surface area contributed by atoms with Crippen molar-refractivity contribution in [2.45, 2.75) is 13.3 Å². The lowest BCUT2D eigenvalue weighted by Gasteiger charge is -2.09. The number of carboxylic acid groups (broad SMARTS) is 1. The second-order valence-electron chi connectivity index (χ2n) is 5.66. The van der Waals surface area contributed by atoms with Crippen LogP contribution in [0.2, 0.25) is 0 Å². The second-order valence-corrected chi connectivity index (χ2v) is 5.66. The average Bonchev–Trinajstić information content (AvgIpc) is 2.71. The summed E-state index contributed by atoms with van der Waals surface area (Å²) in [7, 11) is 1.44. The highest BCUT2D eigenvalue weighted by molar-refractivity contribution is 5.95. The molecule has 0 atom stereocenters. The number of carbonyl (C=O) groups is 2. The minimum atomic E-state index is -1.08. The number of nitrogens with one attached hydrogen (secondary N) is 1. The van der Waals surface area contributed by atoms with E-state index < -0.39 is 12.6 Å². The van der Waals surface area contributed by atoms with Crippen LogP contribution in [0.25, 0.3) is 0 Å². The van der Waals surface area contributed by atoms with Crippen LogP contribution < -0.4 is 19.6 Å². The van der Waals surface area contributed by atoms with E-state index >= 15 is 0 Å². The third kappa shape index (κ3) is 6.31. The van der Waals surface area contributed by atoms with Gasteiger partial charge in [-0.3, -0.25) is 4.79 Å². The van der Waals surface area contributed by atoms with Gasteiger partial charge in [-0.1, -0.05) is 6.92 Å². The van der Waals surface area contributed by atoms with Crippen LogP contribution in [0.3, 0.4) is 0 Å². The highest BCUT2D eigenvalue weighted by Crippen LogP contribution is 2.27. The fourth-order valence-electron chi connectivity index (χ4n) is 2.18. The number of benzene rings is 2. The maximum Gasteiger partial charge on any atom is 0.341 e. The van der Waals surface area contributed by atoms with Crippen LogP contribution in [0, 0.1) is 0 Å². The Kier molecular flexibility index (Phi) is 7.83. The molecule has 0 aliphatic rings. The van der Waals surface area contributed by atoms with Crippen LogP contribution in [0.15, 0.2) is 47.6 Å². The molecule has 28 heavy (non-hydrogen) atoms. The SMILES string of the molecule is CCCOc1ccc(C(=O)N/N=C/c2ccc(OCC(=O)O)c(OC)c2)cc1. The van der Waals surface area contributed by atoms with Gasteiger partial charge in [0, 0.05) is 5.56 Å². The number of hydrogen-bond donors (Lipinski definition) is 2. The smallest absolute Gasteiger partial charge is 0.341 e. The number of rotatable bonds is 10. The molecule has 0 spiro atoms. The summed E-state index contributed by atoms with van der Waals surface area (Å²) in [5, 5.41) is 12.6. The number of hydrazone groups is 1. The van der Waals surface area contributed by atoms with Crippen LogP contribution in [0.4, 0.5) is 0 Å². The van der Waals surface area contributed by atoms with Crippen LogP contribution in [-0.2, 0) is 4.79 Å². The summed E-state index contributed by atoms with van der Waals surface area (Å²) in [5.74, 6) is -0.0677. The topological polar surface area (TPSA) is 106 Å². The molecule has 2 rings (SSSR count). The first-order valence-electron chi connectivity index (χ1n) is 8.62. The summed E-state index contributed by atoms with van der Waals surface area (Å²) < 4.78 is 15.8. The van der Waals surface area contributed by atoms with Gasteiger partial charge in [-0.05, 0) is 54.4 Å². The second kappa shape index (κ2) is 10.6. The summed E-state index contributed by atoms with van der Waals surface area (Å²) in [5.41, 5.74) is 3.54. The largest absolute Gasteiger partial charge is 0.494 e. The molecule has 2 N–H and O–H groups in total. The minimum Gasteiger partial charge on any atom is -0.494 e. The third-order valence-electron chi connectivity index (χ3n) is 3.51. The highest BCUT2D eigenvalue weighted by Gasteiger charge is 2.08. The molecule has 0 heterocycles. The molecule has 0 saturated carbocycles. The van der Waals surface area contributed by atoms with Crippen LogP contribution >= 0.6 is 0 Å². The molecule has 2 aromatic carbocycles. The Morgan fingerprint density at radius 2 is 1.86 bits per heavy atom. The van der Waals surface area contributed by atoms with E-state index in [2.05, 4.69) is 10.5 Å². The molecule has 0 aliphatic carbocycles. The molecular weight excluding hydrogens is 364 g/mol.